The van der Waals surface area contributed by atoms with Crippen LogP contribution >= 0.6 is 12.4 Å². The van der Waals surface area contributed by atoms with Gasteiger partial charge in [0.15, 0.2) is 0 Å². The molecule has 0 atom stereocenters. The summed E-state index contributed by atoms with van der Waals surface area (Å²) in [6.07, 6.45) is -3.60. The number of alkyl halides is 3. The summed E-state index contributed by atoms with van der Waals surface area (Å²) < 4.78 is 36.5. The zero-order valence-corrected chi connectivity index (χ0v) is 7.87. The first-order chi connectivity index (χ1) is 6.07. The van der Waals surface area contributed by atoms with E-state index in [9.17, 15) is 13.2 Å². The number of hydrogen-bond acceptors (Lipinski definition) is 2. The van der Waals surface area contributed by atoms with Gasteiger partial charge in [0.1, 0.15) is 11.5 Å². The van der Waals surface area contributed by atoms with E-state index >= 15 is 0 Å². The van der Waals surface area contributed by atoms with Gasteiger partial charge in [0.25, 0.3) is 0 Å². The lowest BCUT2D eigenvalue weighted by Crippen LogP contribution is -2.08. The molecule has 0 spiro atoms. The Morgan fingerprint density at radius 3 is 2.64 bits per heavy atom. The molecule has 2 rings (SSSR count). The summed E-state index contributed by atoms with van der Waals surface area (Å²) in [7, 11) is 0. The summed E-state index contributed by atoms with van der Waals surface area (Å²) in [5.74, 6) is 0.370. The topological polar surface area (TPSA) is 24.9 Å². The summed E-state index contributed by atoms with van der Waals surface area (Å²) in [5, 5.41) is 2.80. The molecular weight excluding hydrogens is 217 g/mol. The number of halogens is 4. The number of hydrogen-bond donors (Lipinski definition) is 1. The van der Waals surface area contributed by atoms with Gasteiger partial charge in [0, 0.05) is 6.54 Å². The molecule has 78 valence electrons. The molecular formula is C8H8ClF3N2. The van der Waals surface area contributed by atoms with Gasteiger partial charge in [-0.25, -0.2) is 4.98 Å². The molecule has 0 radical (unpaired) electrons. The van der Waals surface area contributed by atoms with Crippen molar-refractivity contribution >= 4 is 18.2 Å². The average molecular weight is 225 g/mol. The van der Waals surface area contributed by atoms with E-state index in [0.717, 1.165) is 18.1 Å². The SMILES string of the molecule is Cl.FC(F)(F)c1ccc2c(n1)NCC2. The minimum absolute atomic E-state index is 0. The quantitative estimate of drug-likeness (QED) is 0.732. The first-order valence-corrected chi connectivity index (χ1v) is 3.88. The first-order valence-electron chi connectivity index (χ1n) is 3.88. The van der Waals surface area contributed by atoms with Gasteiger partial charge in [0.05, 0.1) is 0 Å². The Morgan fingerprint density at radius 1 is 1.29 bits per heavy atom. The molecule has 0 amide bonds. The van der Waals surface area contributed by atoms with Gasteiger partial charge in [-0.1, -0.05) is 6.07 Å². The molecule has 2 heterocycles. The Kier molecular flexibility index (Phi) is 2.89. The summed E-state index contributed by atoms with van der Waals surface area (Å²) in [6, 6.07) is 2.50. The van der Waals surface area contributed by atoms with Crippen LogP contribution in [0.3, 0.4) is 0 Å². The lowest BCUT2D eigenvalue weighted by Gasteiger charge is -2.06. The summed E-state index contributed by atoms with van der Waals surface area (Å²) in [6.45, 7) is 0.670. The molecule has 0 aromatic carbocycles. The second-order valence-electron chi connectivity index (χ2n) is 2.88. The highest BCUT2D eigenvalue weighted by Crippen LogP contribution is 2.30. The van der Waals surface area contributed by atoms with Crippen molar-refractivity contribution in [1.29, 1.82) is 0 Å². The zero-order chi connectivity index (χ0) is 9.47. The van der Waals surface area contributed by atoms with Crippen molar-refractivity contribution in [3.05, 3.63) is 23.4 Å². The molecule has 1 aromatic rings. The van der Waals surface area contributed by atoms with Gasteiger partial charge in [-0.05, 0) is 18.1 Å². The van der Waals surface area contributed by atoms with Crippen molar-refractivity contribution in [3.63, 3.8) is 0 Å². The van der Waals surface area contributed by atoms with Crippen molar-refractivity contribution in [3.8, 4) is 0 Å². The highest BCUT2D eigenvalue weighted by molar-refractivity contribution is 5.85. The van der Waals surface area contributed by atoms with Crippen molar-refractivity contribution < 1.29 is 13.2 Å². The summed E-state index contributed by atoms with van der Waals surface area (Å²) in [4.78, 5) is 3.49. The number of rotatable bonds is 0. The fourth-order valence-corrected chi connectivity index (χ4v) is 1.32. The molecule has 0 aliphatic carbocycles. The van der Waals surface area contributed by atoms with Crippen molar-refractivity contribution in [2.24, 2.45) is 0 Å². The fourth-order valence-electron chi connectivity index (χ4n) is 1.32. The number of nitrogens with zero attached hydrogens (tertiary/aromatic N) is 1. The van der Waals surface area contributed by atoms with Crippen LogP contribution < -0.4 is 5.32 Å². The third-order valence-corrected chi connectivity index (χ3v) is 1.96. The second kappa shape index (κ2) is 3.65. The van der Waals surface area contributed by atoms with E-state index in [4.69, 9.17) is 0 Å². The smallest absolute Gasteiger partial charge is 0.369 e. The molecule has 1 aliphatic rings. The van der Waals surface area contributed by atoms with Crippen LogP contribution in [0.5, 0.6) is 0 Å². The van der Waals surface area contributed by atoms with Crippen LogP contribution in [0.2, 0.25) is 0 Å². The van der Waals surface area contributed by atoms with Crippen LogP contribution in [0, 0.1) is 0 Å². The average Bonchev–Trinajstić information content (AvgIpc) is 2.47. The van der Waals surface area contributed by atoms with Gasteiger partial charge >= 0.3 is 6.18 Å². The van der Waals surface area contributed by atoms with Crippen LogP contribution in [-0.2, 0) is 12.6 Å². The fraction of sp³-hybridized carbons (Fsp3) is 0.375. The Labute approximate surface area is 84.9 Å². The number of nitrogens with one attached hydrogen (secondary N) is 1. The maximum atomic E-state index is 12.2. The maximum Gasteiger partial charge on any atom is 0.433 e. The monoisotopic (exact) mass is 224 g/mol. The number of aromatic nitrogens is 1. The standard InChI is InChI=1S/C8H7F3N2.ClH/c9-8(10,11)6-2-1-5-3-4-12-7(5)13-6;/h1-2H,3-4H2,(H,12,13);1H. The van der Waals surface area contributed by atoms with E-state index < -0.39 is 11.9 Å². The van der Waals surface area contributed by atoms with E-state index in [0.29, 0.717) is 12.4 Å². The highest BCUT2D eigenvalue weighted by atomic mass is 35.5. The molecule has 0 unspecified atom stereocenters. The second-order valence-corrected chi connectivity index (χ2v) is 2.88. The van der Waals surface area contributed by atoms with Gasteiger partial charge < -0.3 is 5.32 Å². The zero-order valence-electron chi connectivity index (χ0n) is 7.06. The molecule has 0 bridgehead atoms. The molecule has 6 heteroatoms. The summed E-state index contributed by atoms with van der Waals surface area (Å²) in [5.41, 5.74) is 0.0219. The molecule has 1 aliphatic heterocycles. The molecule has 0 saturated heterocycles. The Hall–Kier alpha value is -0.970. The highest BCUT2D eigenvalue weighted by Gasteiger charge is 2.33. The largest absolute Gasteiger partial charge is 0.433 e. The Bertz CT molecular complexity index is 338. The Balaban J connectivity index is 0.000000980. The Morgan fingerprint density at radius 2 is 2.00 bits per heavy atom. The molecule has 1 N–H and O–H groups in total. The minimum Gasteiger partial charge on any atom is -0.369 e. The number of fused-ring (bicyclic) bond motifs is 1. The van der Waals surface area contributed by atoms with E-state index in [1.165, 1.54) is 6.07 Å². The molecule has 2 nitrogen and oxygen atoms in total. The molecule has 1 aromatic heterocycles. The van der Waals surface area contributed by atoms with Gasteiger partial charge in [-0.2, -0.15) is 13.2 Å². The number of anilines is 1. The van der Waals surface area contributed by atoms with Gasteiger partial charge in [-0.3, -0.25) is 0 Å². The van der Waals surface area contributed by atoms with Gasteiger partial charge in [-0.15, -0.1) is 12.4 Å². The van der Waals surface area contributed by atoms with Crippen molar-refractivity contribution in [1.82, 2.24) is 4.98 Å². The maximum absolute atomic E-state index is 12.2. The predicted molar refractivity (Wildman–Crippen MR) is 48.7 cm³/mol. The lowest BCUT2D eigenvalue weighted by molar-refractivity contribution is -0.141. The normalized spacial score (nSPS) is 14.2. The van der Waals surface area contributed by atoms with Crippen LogP contribution in [-0.4, -0.2) is 11.5 Å². The third-order valence-electron chi connectivity index (χ3n) is 1.96. The van der Waals surface area contributed by atoms with Crippen LogP contribution in [0.25, 0.3) is 0 Å². The molecule has 14 heavy (non-hydrogen) atoms. The predicted octanol–water partition coefficient (Wildman–Crippen LogP) is 2.49. The van der Waals surface area contributed by atoms with Gasteiger partial charge in [0.2, 0.25) is 0 Å². The summed E-state index contributed by atoms with van der Waals surface area (Å²) >= 11 is 0. The lowest BCUT2D eigenvalue weighted by atomic mass is 10.2. The van der Waals surface area contributed by atoms with Crippen LogP contribution in [0.4, 0.5) is 19.0 Å². The van der Waals surface area contributed by atoms with E-state index in [1.807, 2.05) is 0 Å². The molecule has 0 fully saturated rings. The van der Waals surface area contributed by atoms with Crippen LogP contribution in [0.15, 0.2) is 12.1 Å². The van der Waals surface area contributed by atoms with E-state index in [1.54, 1.807) is 0 Å². The molecule has 0 saturated carbocycles. The third kappa shape index (κ3) is 1.92. The number of pyridine rings is 1. The van der Waals surface area contributed by atoms with E-state index in [2.05, 4.69) is 10.3 Å². The van der Waals surface area contributed by atoms with Crippen molar-refractivity contribution in [2.45, 2.75) is 12.6 Å². The van der Waals surface area contributed by atoms with Crippen molar-refractivity contribution in [2.75, 3.05) is 11.9 Å². The first kappa shape index (κ1) is 11.1. The minimum atomic E-state index is -4.35. The van der Waals surface area contributed by atoms with E-state index in [-0.39, 0.29) is 12.4 Å². The van der Waals surface area contributed by atoms with Crippen LogP contribution in [0.1, 0.15) is 11.3 Å².